The lowest BCUT2D eigenvalue weighted by molar-refractivity contribution is -0.120. The van der Waals surface area contributed by atoms with Crippen LogP contribution in [0.4, 0.5) is 5.69 Å². The Hall–Kier alpha value is -3.53. The highest BCUT2D eigenvalue weighted by Gasteiger charge is 2.11. The zero-order valence-electron chi connectivity index (χ0n) is 14.5. The van der Waals surface area contributed by atoms with Gasteiger partial charge in [0.15, 0.2) is 11.5 Å². The molecule has 0 aliphatic rings. The standard InChI is InChI=1S/C19H19N3O4/c1-25-16-7-6-14(11-17(16)26-2)19(24)22-15-5-3-4-13(10-15)12-21-18(23)8-9-20/h3-7,10-11H,8,12H2,1-2H3,(H,21,23)(H,22,24). The van der Waals surface area contributed by atoms with Gasteiger partial charge in [-0.15, -0.1) is 0 Å². The summed E-state index contributed by atoms with van der Waals surface area (Å²) in [6, 6.07) is 13.8. The molecule has 2 N–H and O–H groups in total. The van der Waals surface area contributed by atoms with Crippen LogP contribution in [0.3, 0.4) is 0 Å². The summed E-state index contributed by atoms with van der Waals surface area (Å²) in [7, 11) is 3.03. The molecule has 26 heavy (non-hydrogen) atoms. The van der Waals surface area contributed by atoms with Crippen LogP contribution in [0.15, 0.2) is 42.5 Å². The van der Waals surface area contributed by atoms with Gasteiger partial charge in [0.2, 0.25) is 5.91 Å². The van der Waals surface area contributed by atoms with Crippen molar-refractivity contribution in [3.63, 3.8) is 0 Å². The number of rotatable bonds is 7. The number of nitriles is 1. The Morgan fingerprint density at radius 1 is 1.08 bits per heavy atom. The van der Waals surface area contributed by atoms with Crippen LogP contribution in [-0.4, -0.2) is 26.0 Å². The SMILES string of the molecule is COc1ccc(C(=O)Nc2cccc(CNC(=O)CC#N)c2)cc1OC. The van der Waals surface area contributed by atoms with Crippen molar-refractivity contribution in [1.82, 2.24) is 5.32 Å². The van der Waals surface area contributed by atoms with Crippen molar-refractivity contribution >= 4 is 17.5 Å². The number of nitrogens with one attached hydrogen (secondary N) is 2. The van der Waals surface area contributed by atoms with Crippen molar-refractivity contribution in [2.75, 3.05) is 19.5 Å². The first kappa shape index (κ1) is 18.8. The van der Waals surface area contributed by atoms with Crippen LogP contribution in [0.1, 0.15) is 22.3 Å². The number of hydrogen-bond acceptors (Lipinski definition) is 5. The minimum absolute atomic E-state index is 0.185. The zero-order valence-corrected chi connectivity index (χ0v) is 14.5. The van der Waals surface area contributed by atoms with Crippen molar-refractivity contribution < 1.29 is 19.1 Å². The van der Waals surface area contributed by atoms with E-state index in [1.165, 1.54) is 14.2 Å². The summed E-state index contributed by atoms with van der Waals surface area (Å²) in [5.41, 5.74) is 1.83. The topological polar surface area (TPSA) is 100 Å². The van der Waals surface area contributed by atoms with Gasteiger partial charge in [0, 0.05) is 17.8 Å². The number of benzene rings is 2. The number of hydrogen-bond donors (Lipinski definition) is 2. The molecule has 0 radical (unpaired) electrons. The molecule has 0 saturated heterocycles. The van der Waals surface area contributed by atoms with Gasteiger partial charge in [-0.25, -0.2) is 0 Å². The van der Waals surface area contributed by atoms with Crippen LogP contribution < -0.4 is 20.1 Å². The van der Waals surface area contributed by atoms with E-state index in [-0.39, 0.29) is 24.8 Å². The third kappa shape index (κ3) is 4.98. The quantitative estimate of drug-likeness (QED) is 0.796. The third-order valence-corrected chi connectivity index (χ3v) is 3.56. The number of carbonyl (C=O) groups excluding carboxylic acids is 2. The van der Waals surface area contributed by atoms with Gasteiger partial charge in [-0.1, -0.05) is 12.1 Å². The predicted octanol–water partition coefficient (Wildman–Crippen LogP) is 2.49. The van der Waals surface area contributed by atoms with Crippen molar-refractivity contribution in [2.24, 2.45) is 0 Å². The van der Waals surface area contributed by atoms with Gasteiger partial charge in [-0.3, -0.25) is 9.59 Å². The van der Waals surface area contributed by atoms with E-state index in [4.69, 9.17) is 14.7 Å². The second-order valence-electron chi connectivity index (χ2n) is 5.34. The summed E-state index contributed by atoms with van der Waals surface area (Å²) < 4.78 is 10.4. The van der Waals surface area contributed by atoms with Gasteiger partial charge in [-0.2, -0.15) is 5.26 Å². The Labute approximate surface area is 151 Å². The third-order valence-electron chi connectivity index (χ3n) is 3.56. The fraction of sp³-hybridized carbons (Fsp3) is 0.211. The van der Waals surface area contributed by atoms with Crippen molar-refractivity contribution in [3.05, 3.63) is 53.6 Å². The molecule has 2 rings (SSSR count). The molecule has 0 spiro atoms. The van der Waals surface area contributed by atoms with Crippen LogP contribution in [0.2, 0.25) is 0 Å². The molecule has 0 aliphatic heterocycles. The second kappa shape index (κ2) is 9.08. The average molecular weight is 353 g/mol. The Bertz CT molecular complexity index is 843. The highest BCUT2D eigenvalue weighted by Crippen LogP contribution is 2.27. The lowest BCUT2D eigenvalue weighted by Gasteiger charge is -2.11. The highest BCUT2D eigenvalue weighted by atomic mass is 16.5. The van der Waals surface area contributed by atoms with Crippen LogP contribution in [0.25, 0.3) is 0 Å². The maximum Gasteiger partial charge on any atom is 0.255 e. The van der Waals surface area contributed by atoms with Gasteiger partial charge < -0.3 is 20.1 Å². The average Bonchev–Trinajstić information content (AvgIpc) is 2.66. The largest absolute Gasteiger partial charge is 0.493 e. The maximum absolute atomic E-state index is 12.4. The molecule has 2 amide bonds. The Balaban J connectivity index is 2.06. The zero-order chi connectivity index (χ0) is 18.9. The smallest absolute Gasteiger partial charge is 0.255 e. The fourth-order valence-electron chi connectivity index (χ4n) is 2.27. The summed E-state index contributed by atoms with van der Waals surface area (Å²) in [5.74, 6) is 0.372. The number of amides is 2. The number of methoxy groups -OCH3 is 2. The van der Waals surface area contributed by atoms with E-state index in [0.717, 1.165) is 5.56 Å². The van der Waals surface area contributed by atoms with Crippen LogP contribution >= 0.6 is 0 Å². The predicted molar refractivity (Wildman–Crippen MR) is 96.0 cm³/mol. The van der Waals surface area contributed by atoms with E-state index < -0.39 is 0 Å². The molecule has 0 unspecified atom stereocenters. The van der Waals surface area contributed by atoms with E-state index in [2.05, 4.69) is 10.6 Å². The molecule has 0 fully saturated rings. The molecule has 0 heterocycles. The van der Waals surface area contributed by atoms with Gasteiger partial charge in [0.05, 0.1) is 20.3 Å². The molecule has 2 aromatic carbocycles. The number of ether oxygens (including phenoxy) is 2. The summed E-state index contributed by atoms with van der Waals surface area (Å²) in [5, 5.41) is 13.9. The molecule has 2 aromatic rings. The second-order valence-corrected chi connectivity index (χ2v) is 5.34. The van der Waals surface area contributed by atoms with Crippen LogP contribution in [-0.2, 0) is 11.3 Å². The molecule has 134 valence electrons. The highest BCUT2D eigenvalue weighted by molar-refractivity contribution is 6.04. The minimum Gasteiger partial charge on any atom is -0.493 e. The lowest BCUT2D eigenvalue weighted by Crippen LogP contribution is -2.22. The molecular formula is C19H19N3O4. The summed E-state index contributed by atoms with van der Waals surface area (Å²) >= 11 is 0. The van der Waals surface area contributed by atoms with E-state index >= 15 is 0 Å². The molecule has 0 atom stereocenters. The molecular weight excluding hydrogens is 334 g/mol. The number of nitrogens with zero attached hydrogens (tertiary/aromatic N) is 1. The van der Waals surface area contributed by atoms with Crippen LogP contribution in [0.5, 0.6) is 11.5 Å². The van der Waals surface area contributed by atoms with Crippen molar-refractivity contribution in [1.29, 1.82) is 5.26 Å². The first-order valence-electron chi connectivity index (χ1n) is 7.83. The first-order chi connectivity index (χ1) is 12.6. The maximum atomic E-state index is 12.4. The van der Waals surface area contributed by atoms with Gasteiger partial charge >= 0.3 is 0 Å². The minimum atomic E-state index is -0.340. The summed E-state index contributed by atoms with van der Waals surface area (Å²) in [6.07, 6.45) is -0.185. The molecule has 7 heteroatoms. The van der Waals surface area contributed by atoms with E-state index in [0.29, 0.717) is 22.7 Å². The normalized spacial score (nSPS) is 9.73. The van der Waals surface area contributed by atoms with Gasteiger partial charge in [0.1, 0.15) is 6.42 Å². The fourth-order valence-corrected chi connectivity index (χ4v) is 2.27. The van der Waals surface area contributed by atoms with Crippen molar-refractivity contribution in [2.45, 2.75) is 13.0 Å². The molecule has 7 nitrogen and oxygen atoms in total. The number of carbonyl (C=O) groups is 2. The van der Waals surface area contributed by atoms with Gasteiger partial charge in [-0.05, 0) is 35.9 Å². The van der Waals surface area contributed by atoms with Gasteiger partial charge in [0.25, 0.3) is 5.91 Å². The Morgan fingerprint density at radius 3 is 2.54 bits per heavy atom. The molecule has 0 bridgehead atoms. The Kier molecular flexibility index (Phi) is 6.57. The molecule has 0 aromatic heterocycles. The molecule has 0 saturated carbocycles. The van der Waals surface area contributed by atoms with Crippen LogP contribution in [0, 0.1) is 11.3 Å². The first-order valence-corrected chi connectivity index (χ1v) is 7.83. The monoisotopic (exact) mass is 353 g/mol. The Morgan fingerprint density at radius 2 is 1.85 bits per heavy atom. The summed E-state index contributed by atoms with van der Waals surface area (Å²) in [6.45, 7) is 0.278. The number of anilines is 1. The van der Waals surface area contributed by atoms with E-state index in [1.807, 2.05) is 6.07 Å². The van der Waals surface area contributed by atoms with E-state index in [9.17, 15) is 9.59 Å². The van der Waals surface area contributed by atoms with Crippen molar-refractivity contribution in [3.8, 4) is 17.6 Å². The van der Waals surface area contributed by atoms with E-state index in [1.54, 1.807) is 42.5 Å². The lowest BCUT2D eigenvalue weighted by atomic mass is 10.1. The molecule has 0 aliphatic carbocycles. The summed E-state index contributed by atoms with van der Waals surface area (Å²) in [4.78, 5) is 23.8.